The Bertz CT molecular complexity index is 1290. The first-order chi connectivity index (χ1) is 16.9. The number of rotatable bonds is 6. The van der Waals surface area contributed by atoms with Gasteiger partial charge in [0, 0.05) is 18.3 Å². The Labute approximate surface area is 200 Å². The van der Waals surface area contributed by atoms with E-state index in [0.29, 0.717) is 11.8 Å². The number of anilines is 2. The summed E-state index contributed by atoms with van der Waals surface area (Å²) in [7, 11) is 1.49. The van der Waals surface area contributed by atoms with Gasteiger partial charge in [-0.05, 0) is 31.5 Å². The number of benzene rings is 1. The Hall–Kier alpha value is -4.10. The predicted molar refractivity (Wildman–Crippen MR) is 115 cm³/mol. The standard InChI is InChI=1S/C22H19F5N6O3/c1-10(14-7-12(23)9-28-18(14)24)36-21(35)30-19-17(31-32-33(19)2)11-3-5-13(6-4-11)29-20(34)15-8-16(15)22(25,26)27/h3-7,9-10,15-16H,8H2,1-2H3,(H,29,34)(H,30,35)/t10-,15-,16-/m1/s1. The molecule has 1 saturated carbocycles. The van der Waals surface area contributed by atoms with Crippen LogP contribution < -0.4 is 10.6 Å². The Morgan fingerprint density at radius 2 is 1.86 bits per heavy atom. The number of nitrogens with one attached hydrogen (secondary N) is 2. The Morgan fingerprint density at radius 3 is 2.50 bits per heavy atom. The normalized spacial score (nSPS) is 17.9. The van der Waals surface area contributed by atoms with Crippen molar-refractivity contribution in [3.05, 3.63) is 53.9 Å². The zero-order chi connectivity index (χ0) is 26.2. The smallest absolute Gasteiger partial charge is 0.413 e. The molecule has 0 radical (unpaired) electrons. The summed E-state index contributed by atoms with van der Waals surface area (Å²) < 4.78 is 71.6. The van der Waals surface area contributed by atoms with Gasteiger partial charge in [0.15, 0.2) is 5.82 Å². The Kier molecular flexibility index (Phi) is 6.61. The summed E-state index contributed by atoms with van der Waals surface area (Å²) in [6.45, 7) is 1.34. The van der Waals surface area contributed by atoms with Crippen molar-refractivity contribution in [3.63, 3.8) is 0 Å². The number of amides is 2. The van der Waals surface area contributed by atoms with Gasteiger partial charge in [0.1, 0.15) is 17.6 Å². The van der Waals surface area contributed by atoms with Crippen molar-refractivity contribution in [2.45, 2.75) is 25.6 Å². The third-order valence-corrected chi connectivity index (χ3v) is 5.58. The topological polar surface area (TPSA) is 111 Å². The third kappa shape index (κ3) is 5.42. The average Bonchev–Trinajstić information content (AvgIpc) is 3.56. The lowest BCUT2D eigenvalue weighted by Crippen LogP contribution is -2.20. The van der Waals surface area contributed by atoms with E-state index in [-0.39, 0.29) is 29.2 Å². The van der Waals surface area contributed by atoms with Crippen molar-refractivity contribution in [3.8, 4) is 11.3 Å². The number of carbonyl (C=O) groups is 2. The summed E-state index contributed by atoms with van der Waals surface area (Å²) in [5.74, 6) is -5.10. The van der Waals surface area contributed by atoms with E-state index in [9.17, 15) is 31.5 Å². The molecular weight excluding hydrogens is 491 g/mol. The summed E-state index contributed by atoms with van der Waals surface area (Å²) in [5.41, 5.74) is 0.718. The van der Waals surface area contributed by atoms with Crippen LogP contribution in [0.15, 0.2) is 36.5 Å². The quantitative estimate of drug-likeness (QED) is 0.370. The molecule has 1 fully saturated rings. The van der Waals surface area contributed by atoms with Crippen LogP contribution in [0.4, 0.5) is 38.3 Å². The summed E-state index contributed by atoms with van der Waals surface area (Å²) >= 11 is 0. The molecule has 1 aliphatic carbocycles. The molecule has 2 amide bonds. The zero-order valence-electron chi connectivity index (χ0n) is 18.8. The molecule has 36 heavy (non-hydrogen) atoms. The molecule has 0 aliphatic heterocycles. The van der Waals surface area contributed by atoms with Crippen LogP contribution in [-0.4, -0.2) is 38.2 Å². The van der Waals surface area contributed by atoms with Gasteiger partial charge >= 0.3 is 12.3 Å². The van der Waals surface area contributed by atoms with E-state index in [1.54, 1.807) is 0 Å². The van der Waals surface area contributed by atoms with E-state index in [2.05, 4.69) is 25.9 Å². The highest BCUT2D eigenvalue weighted by Crippen LogP contribution is 2.50. The zero-order valence-corrected chi connectivity index (χ0v) is 18.8. The van der Waals surface area contributed by atoms with Crippen LogP contribution in [0.25, 0.3) is 11.3 Å². The van der Waals surface area contributed by atoms with Crippen LogP contribution in [0, 0.1) is 23.6 Å². The fourth-order valence-electron chi connectivity index (χ4n) is 3.56. The number of hydrogen-bond acceptors (Lipinski definition) is 6. The molecule has 1 aliphatic rings. The van der Waals surface area contributed by atoms with Crippen molar-refractivity contribution < 1.29 is 36.3 Å². The number of hydrogen-bond donors (Lipinski definition) is 2. The van der Waals surface area contributed by atoms with Crippen molar-refractivity contribution in [1.82, 2.24) is 20.0 Å². The lowest BCUT2D eigenvalue weighted by Gasteiger charge is -2.15. The van der Waals surface area contributed by atoms with E-state index in [1.165, 1.54) is 42.9 Å². The first kappa shape index (κ1) is 25.0. The molecule has 2 aromatic heterocycles. The van der Waals surface area contributed by atoms with Crippen molar-refractivity contribution >= 4 is 23.5 Å². The van der Waals surface area contributed by atoms with Crippen LogP contribution in [-0.2, 0) is 16.6 Å². The minimum absolute atomic E-state index is 0.118. The van der Waals surface area contributed by atoms with Crippen molar-refractivity contribution in [2.75, 3.05) is 10.6 Å². The maximum atomic E-state index is 13.8. The molecule has 9 nitrogen and oxygen atoms in total. The van der Waals surface area contributed by atoms with Gasteiger partial charge in [-0.3, -0.25) is 10.1 Å². The highest BCUT2D eigenvalue weighted by Gasteiger charge is 2.58. The molecule has 0 bridgehead atoms. The van der Waals surface area contributed by atoms with Crippen LogP contribution in [0.1, 0.15) is 25.0 Å². The number of aryl methyl sites for hydroxylation is 1. The van der Waals surface area contributed by atoms with Gasteiger partial charge in [0.05, 0.1) is 23.6 Å². The second kappa shape index (κ2) is 9.51. The van der Waals surface area contributed by atoms with Crippen LogP contribution in [0.3, 0.4) is 0 Å². The van der Waals surface area contributed by atoms with Gasteiger partial charge in [-0.25, -0.2) is 18.9 Å². The largest absolute Gasteiger partial charge is 0.441 e. The molecule has 0 unspecified atom stereocenters. The average molecular weight is 510 g/mol. The molecule has 190 valence electrons. The van der Waals surface area contributed by atoms with Crippen LogP contribution in [0.2, 0.25) is 0 Å². The molecule has 0 saturated heterocycles. The molecule has 2 N–H and O–H groups in total. The second-order valence-electron chi connectivity index (χ2n) is 8.17. The minimum atomic E-state index is -4.40. The maximum Gasteiger partial charge on any atom is 0.413 e. The highest BCUT2D eigenvalue weighted by molar-refractivity contribution is 5.95. The number of pyridine rings is 1. The minimum Gasteiger partial charge on any atom is -0.441 e. The van der Waals surface area contributed by atoms with Gasteiger partial charge in [0.2, 0.25) is 11.9 Å². The summed E-state index contributed by atoms with van der Waals surface area (Å²) in [4.78, 5) is 27.7. The molecule has 1 aromatic carbocycles. The number of alkyl halides is 3. The van der Waals surface area contributed by atoms with Crippen molar-refractivity contribution in [1.29, 1.82) is 0 Å². The highest BCUT2D eigenvalue weighted by atomic mass is 19.4. The number of carbonyl (C=O) groups excluding carboxylic acids is 2. The lowest BCUT2D eigenvalue weighted by molar-refractivity contribution is -0.153. The van der Waals surface area contributed by atoms with Gasteiger partial charge < -0.3 is 10.1 Å². The van der Waals surface area contributed by atoms with Crippen LogP contribution in [0.5, 0.6) is 0 Å². The first-order valence-electron chi connectivity index (χ1n) is 10.6. The molecular formula is C22H19F5N6O3. The first-order valence-corrected chi connectivity index (χ1v) is 10.6. The molecule has 0 spiro atoms. The molecule has 3 aromatic rings. The monoisotopic (exact) mass is 510 g/mol. The van der Waals surface area contributed by atoms with Gasteiger partial charge in [0.25, 0.3) is 0 Å². The number of aromatic nitrogens is 4. The summed E-state index contributed by atoms with van der Waals surface area (Å²) in [6.07, 6.45) is -6.10. The molecule has 14 heteroatoms. The fraction of sp³-hybridized carbons (Fsp3) is 0.318. The Balaban J connectivity index is 1.42. The fourth-order valence-corrected chi connectivity index (χ4v) is 3.56. The van der Waals surface area contributed by atoms with E-state index in [0.717, 1.165) is 6.07 Å². The van der Waals surface area contributed by atoms with Crippen LogP contribution >= 0.6 is 0 Å². The molecule has 3 atom stereocenters. The molecule has 4 rings (SSSR count). The lowest BCUT2D eigenvalue weighted by atomic mass is 10.1. The van der Waals surface area contributed by atoms with Gasteiger partial charge in [-0.2, -0.15) is 17.6 Å². The van der Waals surface area contributed by atoms with E-state index >= 15 is 0 Å². The van der Waals surface area contributed by atoms with Gasteiger partial charge in [-0.1, -0.05) is 17.3 Å². The maximum absolute atomic E-state index is 13.8. The number of nitrogens with zero attached hydrogens (tertiary/aromatic N) is 4. The third-order valence-electron chi connectivity index (χ3n) is 5.58. The second-order valence-corrected chi connectivity index (χ2v) is 8.17. The SMILES string of the molecule is C[C@@H](OC(=O)Nc1c(-c2ccc(NC(=O)[C@@H]3C[C@H]3C(F)(F)F)cc2)nnn1C)c1cc(F)cnc1F. The number of halogens is 5. The molecule has 2 heterocycles. The number of ether oxygens (including phenoxy) is 1. The summed E-state index contributed by atoms with van der Waals surface area (Å²) in [5, 5.41) is 12.7. The van der Waals surface area contributed by atoms with Crippen molar-refractivity contribution in [2.24, 2.45) is 18.9 Å². The Morgan fingerprint density at radius 1 is 1.17 bits per heavy atom. The van der Waals surface area contributed by atoms with Gasteiger partial charge in [-0.15, -0.1) is 5.10 Å². The van der Waals surface area contributed by atoms with E-state index in [1.807, 2.05) is 0 Å². The van der Waals surface area contributed by atoms with E-state index < -0.39 is 47.9 Å². The predicted octanol–water partition coefficient (Wildman–Crippen LogP) is 4.60. The van der Waals surface area contributed by atoms with E-state index in [4.69, 9.17) is 4.74 Å². The summed E-state index contributed by atoms with van der Waals surface area (Å²) in [6, 6.07) is 6.86.